The van der Waals surface area contributed by atoms with Crippen molar-refractivity contribution in [2.75, 3.05) is 38.4 Å². The summed E-state index contributed by atoms with van der Waals surface area (Å²) in [6, 6.07) is 4.61. The number of hydrogen-bond donors (Lipinski definition) is 5. The smallest absolute Gasteiger partial charge is 0.295 e. The maximum atomic E-state index is 13.5. The van der Waals surface area contributed by atoms with Crippen molar-refractivity contribution in [3.8, 4) is 5.75 Å². The number of primary amides is 2. The van der Waals surface area contributed by atoms with E-state index < -0.39 is 17.7 Å². The summed E-state index contributed by atoms with van der Waals surface area (Å²) in [5.41, 5.74) is 16.6. The predicted octanol–water partition coefficient (Wildman–Crippen LogP) is 2.14. The highest BCUT2D eigenvalue weighted by molar-refractivity contribution is 6.04. The fourth-order valence-corrected chi connectivity index (χ4v) is 5.37. The molecule has 0 fully saturated rings. The van der Waals surface area contributed by atoms with Crippen molar-refractivity contribution in [1.29, 1.82) is 0 Å². The zero-order valence-electron chi connectivity index (χ0n) is 28.9. The number of pyridine rings is 1. The van der Waals surface area contributed by atoms with Crippen LogP contribution in [0.25, 0.3) is 22.2 Å². The summed E-state index contributed by atoms with van der Waals surface area (Å²) in [6.07, 6.45) is 6.20. The van der Waals surface area contributed by atoms with Crippen LogP contribution in [0.3, 0.4) is 0 Å². The molecule has 0 aliphatic heterocycles. The molecule has 0 radical (unpaired) electrons. The number of allylic oxidation sites excluding steroid dienone is 2. The maximum absolute atomic E-state index is 13.5. The number of carbonyl (C=O) groups is 4. The fraction of sp³-hybridized carbons (Fsp3) is 0.333. The van der Waals surface area contributed by atoms with Gasteiger partial charge in [0.1, 0.15) is 16.8 Å². The number of hydrazine groups is 1. The third-order valence-electron chi connectivity index (χ3n) is 8.00. The summed E-state index contributed by atoms with van der Waals surface area (Å²) in [4.78, 5) is 67.6. The minimum Gasteiger partial charge on any atom is -0.491 e. The average molecular weight is 701 g/mol. The second kappa shape index (κ2) is 15.5. The molecule has 0 bridgehead atoms. The zero-order chi connectivity index (χ0) is 36.8. The van der Waals surface area contributed by atoms with E-state index >= 15 is 0 Å². The molecular weight excluding hydrogens is 660 g/mol. The molecule has 268 valence electrons. The van der Waals surface area contributed by atoms with Crippen LogP contribution < -0.4 is 32.3 Å². The van der Waals surface area contributed by atoms with E-state index in [9.17, 15) is 19.2 Å². The number of ether oxygens (including phenoxy) is 1. The van der Waals surface area contributed by atoms with Crippen molar-refractivity contribution in [3.05, 3.63) is 65.0 Å². The van der Waals surface area contributed by atoms with Crippen LogP contribution in [0.2, 0.25) is 0 Å². The van der Waals surface area contributed by atoms with Gasteiger partial charge in [0.05, 0.1) is 23.4 Å². The van der Waals surface area contributed by atoms with Gasteiger partial charge in [-0.25, -0.2) is 25.4 Å². The quantitative estimate of drug-likeness (QED) is 0.0565. The van der Waals surface area contributed by atoms with E-state index in [2.05, 4.69) is 36.0 Å². The SMILES string of the molecule is CCc1nc(C)oc1C(=O)Nc1nc2cc(C(N)=O)cc(OCCCC(=O)N(C)NC)c2n1C/C=C/Cn1c(NC)nc2cc(C(N)=O)cnc21. The van der Waals surface area contributed by atoms with Gasteiger partial charge in [-0.2, -0.15) is 0 Å². The number of rotatable bonds is 16. The lowest BCUT2D eigenvalue weighted by molar-refractivity contribution is -0.132. The third-order valence-corrected chi connectivity index (χ3v) is 8.00. The Morgan fingerprint density at radius 1 is 0.961 bits per heavy atom. The first-order valence-corrected chi connectivity index (χ1v) is 16.1. The Balaban J connectivity index is 1.50. The lowest BCUT2D eigenvalue weighted by Crippen LogP contribution is -2.36. The molecule has 4 amide bonds. The fourth-order valence-electron chi connectivity index (χ4n) is 5.37. The molecule has 0 saturated carbocycles. The van der Waals surface area contributed by atoms with Gasteiger partial charge in [0.15, 0.2) is 11.5 Å². The predicted molar refractivity (Wildman–Crippen MR) is 188 cm³/mol. The molecular formula is C33H40N12O6. The Morgan fingerprint density at radius 2 is 1.65 bits per heavy atom. The Morgan fingerprint density at radius 3 is 2.31 bits per heavy atom. The molecule has 0 atom stereocenters. The van der Waals surface area contributed by atoms with Crippen LogP contribution in [-0.2, 0) is 24.3 Å². The second-order valence-corrected chi connectivity index (χ2v) is 11.4. The first kappa shape index (κ1) is 36.0. The number of anilines is 2. The van der Waals surface area contributed by atoms with E-state index in [1.807, 2.05) is 23.6 Å². The van der Waals surface area contributed by atoms with Gasteiger partial charge in [0.2, 0.25) is 35.4 Å². The number of aryl methyl sites for hydroxylation is 2. The summed E-state index contributed by atoms with van der Waals surface area (Å²) < 4.78 is 15.3. The molecule has 0 aliphatic carbocycles. The maximum Gasteiger partial charge on any atom is 0.295 e. The van der Waals surface area contributed by atoms with Crippen LogP contribution in [-0.4, -0.2) is 85.5 Å². The van der Waals surface area contributed by atoms with Crippen molar-refractivity contribution in [2.45, 2.75) is 46.2 Å². The average Bonchev–Trinajstić information content (AvgIpc) is 3.79. The number of benzene rings is 1. The van der Waals surface area contributed by atoms with Gasteiger partial charge in [-0.05, 0) is 31.0 Å². The number of nitrogens with two attached hydrogens (primary N) is 2. The van der Waals surface area contributed by atoms with Crippen LogP contribution in [0, 0.1) is 6.92 Å². The number of fused-ring (bicyclic) bond motifs is 2. The number of nitrogens with zero attached hydrogens (tertiary/aromatic N) is 7. The van der Waals surface area contributed by atoms with Crippen molar-refractivity contribution in [2.24, 2.45) is 11.5 Å². The van der Waals surface area contributed by atoms with Crippen LogP contribution in [0.4, 0.5) is 11.9 Å². The molecule has 18 heteroatoms. The first-order chi connectivity index (χ1) is 24.4. The molecule has 4 aromatic heterocycles. The van der Waals surface area contributed by atoms with E-state index in [1.165, 1.54) is 23.3 Å². The van der Waals surface area contributed by atoms with Gasteiger partial charge in [0.25, 0.3) is 5.91 Å². The molecule has 18 nitrogen and oxygen atoms in total. The lowest BCUT2D eigenvalue weighted by Gasteiger charge is -2.15. The van der Waals surface area contributed by atoms with E-state index in [0.717, 1.165) is 0 Å². The second-order valence-electron chi connectivity index (χ2n) is 11.4. The molecule has 0 saturated heterocycles. The standard InChI is InChI=1S/C33H40N12O6/c1-6-21-27(51-18(2)39-21)31(49)42-33-40-22-14-19(28(34)47)16-24(50-13-9-10-25(46)43(5)37-4)26(22)44(33)11-7-8-12-45-30-23(41-32(45)36-3)15-20(17-38-30)29(35)48/h7-8,14-17,37H,6,9-13H2,1-5H3,(H2,34,47)(H2,35,48)(H,36,41)(H,40,42,49)/b8-7+. The summed E-state index contributed by atoms with van der Waals surface area (Å²) in [7, 11) is 4.99. The van der Waals surface area contributed by atoms with Gasteiger partial charge in [-0.3, -0.25) is 34.1 Å². The van der Waals surface area contributed by atoms with Crippen LogP contribution >= 0.6 is 0 Å². The van der Waals surface area contributed by atoms with Gasteiger partial charge in [-0.1, -0.05) is 19.1 Å². The molecule has 7 N–H and O–H groups in total. The molecule has 1 aromatic carbocycles. The highest BCUT2D eigenvalue weighted by Crippen LogP contribution is 2.32. The molecule has 0 aliphatic rings. The number of imidazole rings is 2. The Labute approximate surface area is 292 Å². The third kappa shape index (κ3) is 7.80. The highest BCUT2D eigenvalue weighted by atomic mass is 16.5. The van der Waals surface area contributed by atoms with E-state index in [-0.39, 0.29) is 54.1 Å². The molecule has 5 rings (SSSR count). The molecule has 51 heavy (non-hydrogen) atoms. The number of oxazole rings is 1. The molecule has 0 spiro atoms. The minimum absolute atomic E-state index is 0.0632. The lowest BCUT2D eigenvalue weighted by atomic mass is 10.1. The monoisotopic (exact) mass is 700 g/mol. The summed E-state index contributed by atoms with van der Waals surface area (Å²) >= 11 is 0. The van der Waals surface area contributed by atoms with Crippen LogP contribution in [0.1, 0.15) is 62.6 Å². The van der Waals surface area contributed by atoms with Crippen molar-refractivity contribution >= 4 is 57.7 Å². The number of carbonyl (C=O) groups excluding carboxylic acids is 4. The topological polar surface area (TPSA) is 243 Å². The van der Waals surface area contributed by atoms with E-state index in [1.54, 1.807) is 38.7 Å². The molecule has 4 heterocycles. The largest absolute Gasteiger partial charge is 0.491 e. The van der Waals surface area contributed by atoms with E-state index in [4.69, 9.17) is 20.6 Å². The number of amides is 4. The molecule has 5 aromatic rings. The Kier molecular flexibility index (Phi) is 10.9. The Hall–Kier alpha value is -6.30. The van der Waals surface area contributed by atoms with Crippen LogP contribution in [0.5, 0.6) is 5.75 Å². The van der Waals surface area contributed by atoms with Gasteiger partial charge in [-0.15, -0.1) is 0 Å². The summed E-state index contributed by atoms with van der Waals surface area (Å²) in [5.74, 6) is -0.603. The molecule has 0 unspecified atom stereocenters. The van der Waals surface area contributed by atoms with Gasteiger partial charge < -0.3 is 30.5 Å². The van der Waals surface area contributed by atoms with E-state index in [0.29, 0.717) is 59.1 Å². The minimum atomic E-state index is -0.693. The van der Waals surface area contributed by atoms with Crippen molar-refractivity contribution < 1.29 is 28.3 Å². The number of nitrogens with one attached hydrogen (secondary N) is 3. The summed E-state index contributed by atoms with van der Waals surface area (Å²) in [6.45, 7) is 4.20. The van der Waals surface area contributed by atoms with Crippen LogP contribution in [0.15, 0.2) is 41.0 Å². The first-order valence-electron chi connectivity index (χ1n) is 16.1. The van der Waals surface area contributed by atoms with Gasteiger partial charge >= 0.3 is 0 Å². The van der Waals surface area contributed by atoms with Gasteiger partial charge in [0, 0.05) is 59.3 Å². The number of aromatic nitrogens is 6. The van der Waals surface area contributed by atoms with Crippen molar-refractivity contribution in [3.63, 3.8) is 0 Å². The highest BCUT2D eigenvalue weighted by Gasteiger charge is 2.23. The summed E-state index contributed by atoms with van der Waals surface area (Å²) in [5, 5.41) is 7.25. The normalized spacial score (nSPS) is 11.4. The Bertz CT molecular complexity index is 2150. The zero-order valence-corrected chi connectivity index (χ0v) is 28.9. The van der Waals surface area contributed by atoms with Crippen molar-refractivity contribution in [1.82, 2.24) is 39.5 Å². The number of hydrogen-bond acceptors (Lipinski definition) is 12.